The Kier molecular flexibility index (Phi) is 7.20. The van der Waals surface area contributed by atoms with Gasteiger partial charge >= 0.3 is 12.4 Å². The number of morpholine rings is 1. The number of benzene rings is 2. The Morgan fingerprint density at radius 1 is 1.08 bits per heavy atom. The molecule has 0 radical (unpaired) electrons. The molecule has 0 bridgehead atoms. The van der Waals surface area contributed by atoms with Gasteiger partial charge in [-0.05, 0) is 53.2 Å². The van der Waals surface area contributed by atoms with Gasteiger partial charge in [0.25, 0.3) is 11.1 Å². The normalized spacial score (nSPS) is 20.0. The molecule has 2 saturated heterocycles. The molecule has 206 valence electrons. The van der Waals surface area contributed by atoms with Crippen molar-refractivity contribution < 1.29 is 40.7 Å². The Balaban J connectivity index is 1.37. The van der Waals surface area contributed by atoms with Crippen LogP contribution in [0.4, 0.5) is 31.1 Å². The van der Waals surface area contributed by atoms with Gasteiger partial charge in [0, 0.05) is 24.5 Å². The largest absolute Gasteiger partial charge is 0.416 e. The molecule has 1 N–H and O–H groups in total. The van der Waals surface area contributed by atoms with E-state index in [2.05, 4.69) is 10.4 Å². The van der Waals surface area contributed by atoms with Crippen LogP contribution >= 0.6 is 11.8 Å². The highest BCUT2D eigenvalue weighted by molar-refractivity contribution is 8.18. The lowest BCUT2D eigenvalue weighted by Gasteiger charge is -2.26. The summed E-state index contributed by atoms with van der Waals surface area (Å²) in [6, 6.07) is 6.21. The van der Waals surface area contributed by atoms with Crippen LogP contribution in [0.25, 0.3) is 17.0 Å². The van der Waals surface area contributed by atoms with Crippen LogP contribution in [0.15, 0.2) is 47.5 Å². The lowest BCUT2D eigenvalue weighted by atomic mass is 10.0. The standard InChI is InChI=1S/C25H20F6N4O3S/c26-24(27,28)17-3-2-15(19(9-17)25(29,30)31)11-35-20-4-1-14(7-16(20)10-33-35)8-21-22(36)34(23(37)39-21)12-18-13-38-6-5-32-18/h1-4,7-10,18,32H,5-6,11-13H2. The third-order valence-electron chi connectivity index (χ3n) is 6.30. The monoisotopic (exact) mass is 570 g/mol. The van der Waals surface area contributed by atoms with Crippen LogP contribution in [0, 0.1) is 0 Å². The topological polar surface area (TPSA) is 76.5 Å². The number of thioether (sulfide) groups is 1. The molecule has 2 aliphatic heterocycles. The van der Waals surface area contributed by atoms with E-state index >= 15 is 0 Å². The number of fused-ring (bicyclic) bond motifs is 1. The summed E-state index contributed by atoms with van der Waals surface area (Å²) in [5.41, 5.74) is -2.13. The van der Waals surface area contributed by atoms with Gasteiger partial charge < -0.3 is 10.1 Å². The SMILES string of the molecule is O=C1SC(=Cc2ccc3c(cnn3Cc3ccc(C(F)(F)F)cc3C(F)(F)F)c2)C(=O)N1CC1COCCN1. The smallest absolute Gasteiger partial charge is 0.378 e. The number of nitrogens with one attached hydrogen (secondary N) is 1. The van der Waals surface area contributed by atoms with Crippen molar-refractivity contribution in [3.8, 4) is 0 Å². The third-order valence-corrected chi connectivity index (χ3v) is 7.21. The Bertz CT molecular complexity index is 1460. The van der Waals surface area contributed by atoms with Gasteiger partial charge in [0.15, 0.2) is 0 Å². The van der Waals surface area contributed by atoms with E-state index in [0.717, 1.165) is 22.7 Å². The molecular weight excluding hydrogens is 550 g/mol. The fourth-order valence-corrected chi connectivity index (χ4v) is 5.25. The highest BCUT2D eigenvalue weighted by atomic mass is 32.2. The number of rotatable bonds is 5. The van der Waals surface area contributed by atoms with Gasteiger partial charge in [-0.1, -0.05) is 12.1 Å². The summed E-state index contributed by atoms with van der Waals surface area (Å²) >= 11 is 0.807. The van der Waals surface area contributed by atoms with Crippen LogP contribution in [0.2, 0.25) is 0 Å². The molecule has 1 unspecified atom stereocenters. The van der Waals surface area contributed by atoms with Crippen LogP contribution in [0.1, 0.15) is 22.3 Å². The Hall–Kier alpha value is -3.36. The second-order valence-electron chi connectivity index (χ2n) is 9.01. The highest BCUT2D eigenvalue weighted by Crippen LogP contribution is 2.38. The minimum absolute atomic E-state index is 0.101. The summed E-state index contributed by atoms with van der Waals surface area (Å²) in [7, 11) is 0. The summed E-state index contributed by atoms with van der Waals surface area (Å²) in [6.45, 7) is 1.34. The van der Waals surface area contributed by atoms with E-state index < -0.39 is 41.2 Å². The van der Waals surface area contributed by atoms with E-state index in [1.165, 1.54) is 10.9 Å². The number of hydrogen-bond donors (Lipinski definition) is 1. The number of aromatic nitrogens is 2. The maximum Gasteiger partial charge on any atom is 0.416 e. The molecular formula is C25H20F6N4O3S. The molecule has 2 aliphatic rings. The first-order valence-electron chi connectivity index (χ1n) is 11.7. The molecule has 14 heteroatoms. The first kappa shape index (κ1) is 27.2. The minimum Gasteiger partial charge on any atom is -0.378 e. The number of nitrogens with zero attached hydrogens (tertiary/aromatic N) is 3. The summed E-state index contributed by atoms with van der Waals surface area (Å²) in [6.07, 6.45) is -6.95. The van der Waals surface area contributed by atoms with Crippen molar-refractivity contribution in [3.05, 3.63) is 69.8 Å². The van der Waals surface area contributed by atoms with Crippen LogP contribution in [-0.4, -0.2) is 58.2 Å². The molecule has 39 heavy (non-hydrogen) atoms. The second kappa shape index (κ2) is 10.3. The van der Waals surface area contributed by atoms with Gasteiger partial charge in [0.05, 0.1) is 47.5 Å². The van der Waals surface area contributed by atoms with Gasteiger partial charge in [-0.15, -0.1) is 0 Å². The lowest BCUT2D eigenvalue weighted by Crippen LogP contribution is -2.49. The van der Waals surface area contributed by atoms with Crippen LogP contribution in [-0.2, 0) is 28.4 Å². The van der Waals surface area contributed by atoms with Gasteiger partial charge in [0.2, 0.25) is 0 Å². The van der Waals surface area contributed by atoms with Crippen molar-refractivity contribution in [1.82, 2.24) is 20.0 Å². The summed E-state index contributed by atoms with van der Waals surface area (Å²) in [5, 5.41) is 7.44. The molecule has 5 rings (SSSR count). The fraction of sp³-hybridized carbons (Fsp3) is 0.320. The highest BCUT2D eigenvalue weighted by Gasteiger charge is 2.39. The Morgan fingerprint density at radius 3 is 2.56 bits per heavy atom. The van der Waals surface area contributed by atoms with Crippen LogP contribution < -0.4 is 5.32 Å². The van der Waals surface area contributed by atoms with Crippen LogP contribution in [0.3, 0.4) is 0 Å². The molecule has 1 aromatic heterocycles. The quantitative estimate of drug-likeness (QED) is 0.338. The van der Waals surface area contributed by atoms with Crippen molar-refractivity contribution in [3.63, 3.8) is 0 Å². The number of carbonyl (C=O) groups excluding carboxylic acids is 2. The zero-order valence-electron chi connectivity index (χ0n) is 20.0. The second-order valence-corrected chi connectivity index (χ2v) is 10.00. The van der Waals surface area contributed by atoms with Crippen molar-refractivity contribution in [2.45, 2.75) is 24.9 Å². The molecule has 2 fully saturated rings. The fourth-order valence-electron chi connectivity index (χ4n) is 4.40. The number of alkyl halides is 6. The predicted octanol–water partition coefficient (Wildman–Crippen LogP) is 5.15. The molecule has 0 aliphatic carbocycles. The number of hydrogen-bond acceptors (Lipinski definition) is 6. The minimum atomic E-state index is -4.99. The van der Waals surface area contributed by atoms with E-state index in [-0.39, 0.29) is 29.1 Å². The summed E-state index contributed by atoms with van der Waals surface area (Å²) in [5.74, 6) is -0.435. The molecule has 3 aromatic rings. The molecule has 2 amide bonds. The molecule has 0 spiro atoms. The number of carbonyl (C=O) groups is 2. The molecule has 0 saturated carbocycles. The Labute approximate surface area is 221 Å². The van der Waals surface area contributed by atoms with Gasteiger partial charge in [-0.2, -0.15) is 31.4 Å². The first-order chi connectivity index (χ1) is 18.4. The van der Waals surface area contributed by atoms with Crippen molar-refractivity contribution in [2.75, 3.05) is 26.3 Å². The number of imide groups is 1. The van der Waals surface area contributed by atoms with Crippen molar-refractivity contribution in [1.29, 1.82) is 0 Å². The van der Waals surface area contributed by atoms with E-state index in [9.17, 15) is 35.9 Å². The van der Waals surface area contributed by atoms with Crippen molar-refractivity contribution >= 4 is 39.9 Å². The molecule has 3 heterocycles. The van der Waals surface area contributed by atoms with Gasteiger partial charge in [0.1, 0.15) is 0 Å². The average Bonchev–Trinajstić information content (AvgIpc) is 3.38. The van der Waals surface area contributed by atoms with E-state index in [0.29, 0.717) is 42.3 Å². The molecule has 7 nitrogen and oxygen atoms in total. The maximum absolute atomic E-state index is 13.6. The lowest BCUT2D eigenvalue weighted by molar-refractivity contribution is -0.143. The van der Waals surface area contributed by atoms with E-state index in [1.54, 1.807) is 24.3 Å². The zero-order valence-corrected chi connectivity index (χ0v) is 20.8. The van der Waals surface area contributed by atoms with Crippen LogP contribution in [0.5, 0.6) is 0 Å². The average molecular weight is 571 g/mol. The number of ether oxygens (including phenoxy) is 1. The number of amides is 2. The third kappa shape index (κ3) is 5.82. The summed E-state index contributed by atoms with van der Waals surface area (Å²) < 4.78 is 86.2. The number of halogens is 6. The molecule has 1 atom stereocenters. The molecule has 2 aromatic carbocycles. The van der Waals surface area contributed by atoms with Gasteiger partial charge in [-0.25, -0.2) is 0 Å². The van der Waals surface area contributed by atoms with E-state index in [1.807, 2.05) is 0 Å². The first-order valence-corrected chi connectivity index (χ1v) is 12.5. The summed E-state index contributed by atoms with van der Waals surface area (Å²) in [4.78, 5) is 26.6. The Morgan fingerprint density at radius 2 is 1.87 bits per heavy atom. The predicted molar refractivity (Wildman–Crippen MR) is 131 cm³/mol. The zero-order chi connectivity index (χ0) is 27.9. The maximum atomic E-state index is 13.6. The van der Waals surface area contributed by atoms with Gasteiger partial charge in [-0.3, -0.25) is 19.2 Å². The van der Waals surface area contributed by atoms with Crippen molar-refractivity contribution in [2.24, 2.45) is 0 Å². The van der Waals surface area contributed by atoms with E-state index in [4.69, 9.17) is 4.74 Å².